The van der Waals surface area contributed by atoms with Gasteiger partial charge in [-0.1, -0.05) is 0 Å². The molecule has 1 heterocycles. The standard InChI is InChI=1S/C11H11N5O4/c1-2-20-7-3-4-8(9(5-7)16(18)19)14-11(17)10-12-6-13-15-10/h3-6H,2H2,1H3,(H,14,17)(H,12,13,15). The normalized spacial score (nSPS) is 10.1. The van der Waals surface area contributed by atoms with Crippen LogP contribution >= 0.6 is 0 Å². The van der Waals surface area contributed by atoms with Crippen molar-refractivity contribution in [2.75, 3.05) is 11.9 Å². The maximum atomic E-state index is 11.8. The summed E-state index contributed by atoms with van der Waals surface area (Å²) in [5, 5.41) is 19.3. The number of nitrogens with one attached hydrogen (secondary N) is 2. The van der Waals surface area contributed by atoms with Gasteiger partial charge >= 0.3 is 0 Å². The highest BCUT2D eigenvalue weighted by atomic mass is 16.6. The SMILES string of the molecule is CCOc1ccc(NC(=O)c2ncn[nH]2)c([N+](=O)[O-])c1. The first-order valence-corrected chi connectivity index (χ1v) is 5.69. The summed E-state index contributed by atoms with van der Waals surface area (Å²) in [6, 6.07) is 4.18. The highest BCUT2D eigenvalue weighted by Crippen LogP contribution is 2.29. The van der Waals surface area contributed by atoms with Crippen molar-refractivity contribution in [3.8, 4) is 5.75 Å². The number of hydrogen-bond donors (Lipinski definition) is 2. The molecule has 9 heteroatoms. The molecule has 1 aromatic carbocycles. The minimum Gasteiger partial charge on any atom is -0.494 e. The van der Waals surface area contributed by atoms with Crippen LogP contribution in [0.15, 0.2) is 24.5 Å². The molecule has 2 aromatic rings. The summed E-state index contributed by atoms with van der Waals surface area (Å²) in [7, 11) is 0. The van der Waals surface area contributed by atoms with Gasteiger partial charge in [-0.25, -0.2) is 4.98 Å². The van der Waals surface area contributed by atoms with Gasteiger partial charge in [-0.05, 0) is 19.1 Å². The van der Waals surface area contributed by atoms with Crippen LogP contribution < -0.4 is 10.1 Å². The Morgan fingerprint density at radius 3 is 2.95 bits per heavy atom. The van der Waals surface area contributed by atoms with Gasteiger partial charge in [0.05, 0.1) is 17.6 Å². The number of aromatic nitrogens is 3. The Morgan fingerprint density at radius 2 is 2.35 bits per heavy atom. The average Bonchev–Trinajstić information content (AvgIpc) is 2.94. The summed E-state index contributed by atoms with van der Waals surface area (Å²) in [5.74, 6) is -0.292. The van der Waals surface area contributed by atoms with Crippen molar-refractivity contribution in [2.45, 2.75) is 6.92 Å². The molecule has 9 nitrogen and oxygen atoms in total. The van der Waals surface area contributed by atoms with Crippen LogP contribution in [0.25, 0.3) is 0 Å². The number of benzene rings is 1. The molecule has 0 saturated carbocycles. The zero-order valence-corrected chi connectivity index (χ0v) is 10.5. The van der Waals surface area contributed by atoms with Crippen LogP contribution in [0, 0.1) is 10.1 Å². The van der Waals surface area contributed by atoms with Gasteiger partial charge in [-0.15, -0.1) is 0 Å². The molecule has 20 heavy (non-hydrogen) atoms. The van der Waals surface area contributed by atoms with E-state index in [-0.39, 0.29) is 17.2 Å². The molecule has 0 bridgehead atoms. The second-order valence-electron chi connectivity index (χ2n) is 3.66. The lowest BCUT2D eigenvalue weighted by molar-refractivity contribution is -0.384. The summed E-state index contributed by atoms with van der Waals surface area (Å²) in [4.78, 5) is 25.8. The van der Waals surface area contributed by atoms with E-state index < -0.39 is 10.8 Å². The van der Waals surface area contributed by atoms with Gasteiger partial charge in [0.15, 0.2) is 0 Å². The molecule has 0 aliphatic heterocycles. The number of ether oxygens (including phenoxy) is 1. The van der Waals surface area contributed by atoms with Gasteiger partial charge in [0.25, 0.3) is 11.6 Å². The van der Waals surface area contributed by atoms with Crippen LogP contribution in [0.1, 0.15) is 17.5 Å². The van der Waals surface area contributed by atoms with E-state index in [4.69, 9.17) is 4.74 Å². The van der Waals surface area contributed by atoms with Gasteiger partial charge in [0.2, 0.25) is 5.82 Å². The number of rotatable bonds is 5. The lowest BCUT2D eigenvalue weighted by atomic mass is 10.2. The molecule has 0 fully saturated rings. The first kappa shape index (κ1) is 13.5. The predicted octanol–water partition coefficient (Wildman–Crippen LogP) is 1.36. The number of aromatic amines is 1. The van der Waals surface area contributed by atoms with Crippen molar-refractivity contribution >= 4 is 17.3 Å². The van der Waals surface area contributed by atoms with Crippen LogP contribution in [-0.2, 0) is 0 Å². The third-order valence-electron chi connectivity index (χ3n) is 2.36. The van der Waals surface area contributed by atoms with Crippen LogP contribution in [-0.4, -0.2) is 32.6 Å². The second-order valence-corrected chi connectivity index (χ2v) is 3.66. The van der Waals surface area contributed by atoms with Crippen LogP contribution in [0.5, 0.6) is 5.75 Å². The highest BCUT2D eigenvalue weighted by Gasteiger charge is 2.19. The average molecular weight is 277 g/mol. The number of H-pyrrole nitrogens is 1. The molecule has 0 aliphatic carbocycles. The van der Waals surface area contributed by atoms with Gasteiger partial charge in [-0.3, -0.25) is 20.0 Å². The molecule has 0 aliphatic rings. The van der Waals surface area contributed by atoms with Crippen molar-refractivity contribution < 1.29 is 14.5 Å². The van der Waals surface area contributed by atoms with Gasteiger partial charge < -0.3 is 10.1 Å². The zero-order valence-electron chi connectivity index (χ0n) is 10.5. The summed E-state index contributed by atoms with van der Waals surface area (Å²) < 4.78 is 5.18. The molecular weight excluding hydrogens is 266 g/mol. The molecule has 1 amide bonds. The third-order valence-corrected chi connectivity index (χ3v) is 2.36. The van der Waals surface area contributed by atoms with Crippen LogP contribution in [0.4, 0.5) is 11.4 Å². The first-order chi connectivity index (χ1) is 9.61. The fraction of sp³-hybridized carbons (Fsp3) is 0.182. The fourth-order valence-electron chi connectivity index (χ4n) is 1.52. The number of nitrogens with zero attached hydrogens (tertiary/aromatic N) is 3. The third kappa shape index (κ3) is 2.88. The van der Waals surface area contributed by atoms with E-state index >= 15 is 0 Å². The molecule has 0 radical (unpaired) electrons. The fourth-order valence-corrected chi connectivity index (χ4v) is 1.52. The zero-order chi connectivity index (χ0) is 14.5. The lowest BCUT2D eigenvalue weighted by Crippen LogP contribution is -2.14. The minimum absolute atomic E-state index is 0.0341. The smallest absolute Gasteiger partial charge is 0.296 e. The largest absolute Gasteiger partial charge is 0.494 e. The van der Waals surface area contributed by atoms with Crippen molar-refractivity contribution in [2.24, 2.45) is 0 Å². The Balaban J connectivity index is 2.27. The Morgan fingerprint density at radius 1 is 1.55 bits per heavy atom. The van der Waals surface area contributed by atoms with Crippen LogP contribution in [0.2, 0.25) is 0 Å². The van der Waals surface area contributed by atoms with Crippen LogP contribution in [0.3, 0.4) is 0 Å². The quantitative estimate of drug-likeness (QED) is 0.628. The van der Waals surface area contributed by atoms with E-state index in [1.807, 2.05) is 0 Å². The van der Waals surface area contributed by atoms with E-state index in [9.17, 15) is 14.9 Å². The maximum absolute atomic E-state index is 11.8. The molecule has 1 aromatic heterocycles. The van der Waals surface area contributed by atoms with Crippen molar-refractivity contribution in [3.05, 3.63) is 40.5 Å². The topological polar surface area (TPSA) is 123 Å². The number of nitro benzene ring substituents is 1. The number of amides is 1. The molecule has 104 valence electrons. The van der Waals surface area contributed by atoms with E-state index in [1.54, 1.807) is 6.92 Å². The Bertz CT molecular complexity index is 626. The molecule has 0 saturated heterocycles. The first-order valence-electron chi connectivity index (χ1n) is 5.69. The summed E-state index contributed by atoms with van der Waals surface area (Å²) in [5.41, 5.74) is -0.205. The van der Waals surface area contributed by atoms with Gasteiger partial charge in [0, 0.05) is 0 Å². The van der Waals surface area contributed by atoms with E-state index in [1.165, 1.54) is 24.5 Å². The molecular formula is C11H11N5O4. The molecule has 0 spiro atoms. The minimum atomic E-state index is -0.616. The number of carbonyl (C=O) groups excluding carboxylic acids is 1. The monoisotopic (exact) mass is 277 g/mol. The highest BCUT2D eigenvalue weighted by molar-refractivity contribution is 6.02. The Kier molecular flexibility index (Phi) is 3.89. The second kappa shape index (κ2) is 5.78. The molecule has 2 N–H and O–H groups in total. The van der Waals surface area contributed by atoms with Crippen molar-refractivity contribution in [1.29, 1.82) is 0 Å². The van der Waals surface area contributed by atoms with E-state index in [0.29, 0.717) is 12.4 Å². The maximum Gasteiger partial charge on any atom is 0.296 e. The number of nitro groups is 1. The Labute approximate surface area is 113 Å². The van der Waals surface area contributed by atoms with Crippen molar-refractivity contribution in [1.82, 2.24) is 15.2 Å². The number of anilines is 1. The van der Waals surface area contributed by atoms with E-state index in [0.717, 1.165) is 0 Å². The number of hydrogen-bond acceptors (Lipinski definition) is 6. The van der Waals surface area contributed by atoms with Gasteiger partial charge in [-0.2, -0.15) is 5.10 Å². The summed E-state index contributed by atoms with van der Waals surface area (Å²) in [6.07, 6.45) is 1.17. The molecule has 0 unspecified atom stereocenters. The lowest BCUT2D eigenvalue weighted by Gasteiger charge is -2.07. The summed E-state index contributed by atoms with van der Waals surface area (Å²) in [6.45, 7) is 2.16. The Hall–Kier alpha value is -2.97. The van der Waals surface area contributed by atoms with Gasteiger partial charge in [0.1, 0.15) is 17.8 Å². The predicted molar refractivity (Wildman–Crippen MR) is 68.6 cm³/mol. The molecule has 0 atom stereocenters. The van der Waals surface area contributed by atoms with Crippen molar-refractivity contribution in [3.63, 3.8) is 0 Å². The summed E-state index contributed by atoms with van der Waals surface area (Å²) >= 11 is 0. The number of carbonyl (C=O) groups is 1. The van der Waals surface area contributed by atoms with E-state index in [2.05, 4.69) is 20.5 Å². The molecule has 2 rings (SSSR count).